The van der Waals surface area contributed by atoms with Crippen molar-refractivity contribution in [1.29, 1.82) is 0 Å². The molecular formula is C17H11Cl2FN4O. The smallest absolute Gasteiger partial charge is 0.180 e. The molecule has 0 aliphatic carbocycles. The van der Waals surface area contributed by atoms with Crippen LogP contribution in [0, 0.1) is 5.82 Å². The van der Waals surface area contributed by atoms with E-state index in [1.54, 1.807) is 12.5 Å². The lowest BCUT2D eigenvalue weighted by molar-refractivity contribution is 0.555. The summed E-state index contributed by atoms with van der Waals surface area (Å²) in [7, 11) is 0. The van der Waals surface area contributed by atoms with Gasteiger partial charge in [-0.1, -0.05) is 23.2 Å². The quantitative estimate of drug-likeness (QED) is 0.527. The Labute approximate surface area is 152 Å². The minimum Gasteiger partial charge on any atom is -0.451 e. The van der Waals surface area contributed by atoms with Crippen LogP contribution in [-0.4, -0.2) is 14.5 Å². The van der Waals surface area contributed by atoms with Gasteiger partial charge < -0.3 is 14.3 Å². The maximum atomic E-state index is 13.4. The van der Waals surface area contributed by atoms with Crippen LogP contribution in [-0.2, 0) is 6.54 Å². The molecule has 5 nitrogen and oxygen atoms in total. The van der Waals surface area contributed by atoms with E-state index in [0.29, 0.717) is 18.1 Å². The highest BCUT2D eigenvalue weighted by Gasteiger charge is 2.13. The summed E-state index contributed by atoms with van der Waals surface area (Å²) < 4.78 is 20.4. The second-order valence-electron chi connectivity index (χ2n) is 5.39. The van der Waals surface area contributed by atoms with Crippen molar-refractivity contribution in [3.63, 3.8) is 0 Å². The Balaban J connectivity index is 1.73. The summed E-state index contributed by atoms with van der Waals surface area (Å²) in [6.45, 7) is 0.571. The molecule has 8 heteroatoms. The first-order valence-corrected chi connectivity index (χ1v) is 8.10. The first kappa shape index (κ1) is 15.9. The van der Waals surface area contributed by atoms with Crippen LogP contribution in [0.5, 0.6) is 0 Å². The van der Waals surface area contributed by atoms with Crippen LogP contribution in [0.4, 0.5) is 15.9 Å². The summed E-state index contributed by atoms with van der Waals surface area (Å²) >= 11 is 12.2. The van der Waals surface area contributed by atoms with E-state index >= 15 is 0 Å². The Morgan fingerprint density at radius 2 is 1.96 bits per heavy atom. The summed E-state index contributed by atoms with van der Waals surface area (Å²) in [6.07, 6.45) is 6.60. The predicted octanol–water partition coefficient (Wildman–Crippen LogP) is 5.26. The Hall–Kier alpha value is -2.57. The van der Waals surface area contributed by atoms with Crippen molar-refractivity contribution in [3.8, 4) is 0 Å². The van der Waals surface area contributed by atoms with E-state index < -0.39 is 5.82 Å². The van der Waals surface area contributed by atoms with Gasteiger partial charge in [0.1, 0.15) is 17.9 Å². The SMILES string of the molecule is Fc1cc(Cl)c(Nc2nccc3c2ccn3Cc2cocn2)c(Cl)c1. The van der Waals surface area contributed by atoms with Crippen molar-refractivity contribution in [3.05, 3.63) is 70.9 Å². The maximum absolute atomic E-state index is 13.4. The highest BCUT2D eigenvalue weighted by molar-refractivity contribution is 6.39. The van der Waals surface area contributed by atoms with Crippen LogP contribution in [0.1, 0.15) is 5.69 Å². The second kappa shape index (κ2) is 6.38. The minimum atomic E-state index is -0.495. The number of benzene rings is 1. The van der Waals surface area contributed by atoms with Crippen LogP contribution in [0.2, 0.25) is 10.0 Å². The monoisotopic (exact) mass is 376 g/mol. The van der Waals surface area contributed by atoms with E-state index in [2.05, 4.69) is 15.3 Å². The number of pyridine rings is 1. The Morgan fingerprint density at radius 1 is 1.16 bits per heavy atom. The van der Waals surface area contributed by atoms with E-state index in [4.69, 9.17) is 27.6 Å². The predicted molar refractivity (Wildman–Crippen MR) is 95.0 cm³/mol. The summed E-state index contributed by atoms with van der Waals surface area (Å²) in [5.41, 5.74) is 2.18. The topological polar surface area (TPSA) is 55.9 Å². The molecule has 1 N–H and O–H groups in total. The fraction of sp³-hybridized carbons (Fsp3) is 0.0588. The molecule has 1 aromatic carbocycles. The first-order valence-electron chi connectivity index (χ1n) is 7.34. The molecule has 3 heterocycles. The van der Waals surface area contributed by atoms with Crippen molar-refractivity contribution in [2.24, 2.45) is 0 Å². The van der Waals surface area contributed by atoms with Crippen LogP contribution in [0.3, 0.4) is 0 Å². The Kier molecular flexibility index (Phi) is 4.07. The first-order chi connectivity index (χ1) is 12.1. The molecule has 4 aromatic rings. The molecule has 0 fully saturated rings. The molecule has 0 saturated carbocycles. The third-order valence-electron chi connectivity index (χ3n) is 3.76. The number of nitrogens with zero attached hydrogens (tertiary/aromatic N) is 3. The fourth-order valence-electron chi connectivity index (χ4n) is 2.63. The third-order valence-corrected chi connectivity index (χ3v) is 4.36. The summed E-state index contributed by atoms with van der Waals surface area (Å²) in [5, 5.41) is 4.34. The molecule has 0 aliphatic heterocycles. The number of hydrogen-bond acceptors (Lipinski definition) is 4. The standard InChI is InChI=1S/C17H11Cl2FN4O/c18-13-5-10(20)6-14(19)16(13)23-17-12-2-4-24(15(12)1-3-21-17)7-11-8-25-9-22-11/h1-6,8-9H,7H2,(H,21,23). The molecule has 126 valence electrons. The maximum Gasteiger partial charge on any atom is 0.180 e. The Bertz CT molecular complexity index is 1020. The zero-order valence-corrected chi connectivity index (χ0v) is 14.2. The largest absolute Gasteiger partial charge is 0.451 e. The van der Waals surface area contributed by atoms with Gasteiger partial charge in [-0.2, -0.15) is 0 Å². The van der Waals surface area contributed by atoms with E-state index in [1.165, 1.54) is 18.5 Å². The van der Waals surface area contributed by atoms with Crippen LogP contribution >= 0.6 is 23.2 Å². The van der Waals surface area contributed by atoms with Gasteiger partial charge in [0.2, 0.25) is 0 Å². The van der Waals surface area contributed by atoms with Gasteiger partial charge in [0, 0.05) is 17.8 Å². The Morgan fingerprint density at radius 3 is 2.68 bits per heavy atom. The van der Waals surface area contributed by atoms with Crippen molar-refractivity contribution in [2.75, 3.05) is 5.32 Å². The number of nitrogens with one attached hydrogen (secondary N) is 1. The van der Waals surface area contributed by atoms with Gasteiger partial charge in [0.15, 0.2) is 6.39 Å². The normalized spacial score (nSPS) is 11.2. The summed E-state index contributed by atoms with van der Waals surface area (Å²) in [6, 6.07) is 6.22. The van der Waals surface area contributed by atoms with Crippen LogP contribution in [0.15, 0.2) is 53.7 Å². The molecule has 0 radical (unpaired) electrons. The van der Waals surface area contributed by atoms with Crippen molar-refractivity contribution in [2.45, 2.75) is 6.54 Å². The van der Waals surface area contributed by atoms with Gasteiger partial charge >= 0.3 is 0 Å². The molecule has 0 bridgehead atoms. The third kappa shape index (κ3) is 3.06. The number of anilines is 2. The lowest BCUT2D eigenvalue weighted by Gasteiger charge is -2.11. The van der Waals surface area contributed by atoms with Gasteiger partial charge in [0.05, 0.1) is 33.5 Å². The van der Waals surface area contributed by atoms with Gasteiger partial charge in [-0.3, -0.25) is 0 Å². The van der Waals surface area contributed by atoms with E-state index in [9.17, 15) is 4.39 Å². The molecule has 3 aromatic heterocycles. The zero-order valence-electron chi connectivity index (χ0n) is 12.7. The van der Waals surface area contributed by atoms with Gasteiger partial charge in [-0.25, -0.2) is 14.4 Å². The van der Waals surface area contributed by atoms with Gasteiger partial charge in [0.25, 0.3) is 0 Å². The van der Waals surface area contributed by atoms with Crippen molar-refractivity contribution >= 4 is 45.6 Å². The number of aromatic nitrogens is 3. The lowest BCUT2D eigenvalue weighted by atomic mass is 10.2. The number of fused-ring (bicyclic) bond motifs is 1. The van der Waals surface area contributed by atoms with E-state index in [-0.39, 0.29) is 10.0 Å². The zero-order chi connectivity index (χ0) is 17.4. The number of oxazole rings is 1. The lowest BCUT2D eigenvalue weighted by Crippen LogP contribution is -2.00. The number of halogens is 3. The molecule has 0 amide bonds. The van der Waals surface area contributed by atoms with Crippen LogP contribution in [0.25, 0.3) is 10.9 Å². The highest BCUT2D eigenvalue weighted by Crippen LogP contribution is 2.35. The van der Waals surface area contributed by atoms with Crippen molar-refractivity contribution in [1.82, 2.24) is 14.5 Å². The van der Waals surface area contributed by atoms with Gasteiger partial charge in [-0.05, 0) is 24.3 Å². The summed E-state index contributed by atoms with van der Waals surface area (Å²) in [5.74, 6) is 0.0808. The second-order valence-corrected chi connectivity index (χ2v) is 6.20. The van der Waals surface area contributed by atoms with E-state index in [0.717, 1.165) is 16.6 Å². The summed E-state index contributed by atoms with van der Waals surface area (Å²) in [4.78, 5) is 8.48. The fourth-order valence-corrected chi connectivity index (χ4v) is 3.19. The number of hydrogen-bond donors (Lipinski definition) is 1. The molecule has 4 rings (SSSR count). The molecule has 0 spiro atoms. The molecule has 0 saturated heterocycles. The van der Waals surface area contributed by atoms with Crippen LogP contribution < -0.4 is 5.32 Å². The molecule has 0 atom stereocenters. The number of rotatable bonds is 4. The molecule has 0 unspecified atom stereocenters. The van der Waals surface area contributed by atoms with Crippen molar-refractivity contribution < 1.29 is 8.81 Å². The van der Waals surface area contributed by atoms with E-state index in [1.807, 2.05) is 22.9 Å². The average Bonchev–Trinajstić information content (AvgIpc) is 3.22. The molecule has 25 heavy (non-hydrogen) atoms. The molecule has 0 aliphatic rings. The minimum absolute atomic E-state index is 0.186. The average molecular weight is 377 g/mol. The van der Waals surface area contributed by atoms with Gasteiger partial charge in [-0.15, -0.1) is 0 Å². The highest BCUT2D eigenvalue weighted by atomic mass is 35.5. The molecular weight excluding hydrogens is 366 g/mol.